The maximum absolute atomic E-state index is 8.95. The molecule has 1 aromatic rings. The average Bonchev–Trinajstić information content (AvgIpc) is 2.48. The molecule has 0 radical (unpaired) electrons. The Hall–Kier alpha value is -1.17. The molecule has 0 saturated carbocycles. The zero-order valence-corrected chi connectivity index (χ0v) is 12.4. The fourth-order valence-electron chi connectivity index (χ4n) is 2.49. The molecule has 2 N–H and O–H groups in total. The third kappa shape index (κ3) is 4.74. The van der Waals surface area contributed by atoms with Crippen molar-refractivity contribution >= 4 is 5.82 Å². The zero-order chi connectivity index (χ0) is 14.2. The Morgan fingerprint density at radius 2 is 2.00 bits per heavy atom. The van der Waals surface area contributed by atoms with E-state index in [4.69, 9.17) is 5.11 Å². The van der Waals surface area contributed by atoms with E-state index in [1.165, 1.54) is 5.56 Å². The molecule has 1 saturated heterocycles. The summed E-state index contributed by atoms with van der Waals surface area (Å²) >= 11 is 0. The number of piperazine rings is 1. The Morgan fingerprint density at radius 3 is 2.70 bits per heavy atom. The van der Waals surface area contributed by atoms with E-state index in [1.807, 2.05) is 6.20 Å². The van der Waals surface area contributed by atoms with E-state index in [1.54, 1.807) is 0 Å². The Labute approximate surface area is 121 Å². The molecule has 0 aliphatic carbocycles. The van der Waals surface area contributed by atoms with Crippen LogP contribution in [0.2, 0.25) is 0 Å². The van der Waals surface area contributed by atoms with Crippen LogP contribution in [0.15, 0.2) is 18.3 Å². The molecule has 1 aromatic heterocycles. The molecular formula is C15H26N4O. The molecule has 0 atom stereocenters. The summed E-state index contributed by atoms with van der Waals surface area (Å²) in [5, 5.41) is 12.3. The second kappa shape index (κ2) is 8.19. The summed E-state index contributed by atoms with van der Waals surface area (Å²) in [7, 11) is 0. The fraction of sp³-hybridized carbons (Fsp3) is 0.667. The lowest BCUT2D eigenvalue weighted by Crippen LogP contribution is -2.46. The van der Waals surface area contributed by atoms with Crippen molar-refractivity contribution < 1.29 is 5.11 Å². The molecule has 0 amide bonds. The summed E-state index contributed by atoms with van der Waals surface area (Å²) in [5.74, 6) is 0.975. The van der Waals surface area contributed by atoms with Gasteiger partial charge in [-0.1, -0.05) is 6.92 Å². The summed E-state index contributed by atoms with van der Waals surface area (Å²) in [6, 6.07) is 4.24. The second-order valence-corrected chi connectivity index (χ2v) is 5.32. The van der Waals surface area contributed by atoms with Gasteiger partial charge in [0.25, 0.3) is 0 Å². The Kier molecular flexibility index (Phi) is 6.24. The van der Waals surface area contributed by atoms with Crippen LogP contribution >= 0.6 is 0 Å². The predicted octanol–water partition coefficient (Wildman–Crippen LogP) is 1.01. The molecule has 0 unspecified atom stereocenters. The molecule has 0 spiro atoms. The third-order valence-corrected chi connectivity index (χ3v) is 3.67. The molecule has 0 bridgehead atoms. The van der Waals surface area contributed by atoms with Gasteiger partial charge in [0.1, 0.15) is 5.82 Å². The van der Waals surface area contributed by atoms with Gasteiger partial charge in [-0.15, -0.1) is 0 Å². The third-order valence-electron chi connectivity index (χ3n) is 3.67. The maximum Gasteiger partial charge on any atom is 0.126 e. The summed E-state index contributed by atoms with van der Waals surface area (Å²) < 4.78 is 0. The lowest BCUT2D eigenvalue weighted by molar-refractivity contribution is 0.108. The Morgan fingerprint density at radius 1 is 1.25 bits per heavy atom. The minimum atomic E-state index is 0.261. The number of hydrogen-bond acceptors (Lipinski definition) is 5. The highest BCUT2D eigenvalue weighted by molar-refractivity contribution is 5.37. The van der Waals surface area contributed by atoms with Crippen LogP contribution in [0.1, 0.15) is 18.9 Å². The molecule has 20 heavy (non-hydrogen) atoms. The van der Waals surface area contributed by atoms with Crippen LogP contribution in [-0.2, 0) is 6.54 Å². The van der Waals surface area contributed by atoms with Crippen LogP contribution in [0, 0.1) is 0 Å². The first-order chi connectivity index (χ1) is 9.81. The largest absolute Gasteiger partial charge is 0.395 e. The van der Waals surface area contributed by atoms with Gasteiger partial charge >= 0.3 is 0 Å². The van der Waals surface area contributed by atoms with Crippen molar-refractivity contribution in [3.8, 4) is 0 Å². The highest BCUT2D eigenvalue weighted by atomic mass is 16.3. The first-order valence-electron chi connectivity index (χ1n) is 7.56. The number of anilines is 1. The maximum atomic E-state index is 8.95. The number of pyridine rings is 1. The van der Waals surface area contributed by atoms with E-state index in [0.29, 0.717) is 0 Å². The monoisotopic (exact) mass is 278 g/mol. The van der Waals surface area contributed by atoms with Gasteiger partial charge in [0, 0.05) is 52.0 Å². The van der Waals surface area contributed by atoms with E-state index in [-0.39, 0.29) is 6.61 Å². The lowest BCUT2D eigenvalue weighted by Gasteiger charge is -2.34. The first kappa shape index (κ1) is 15.2. The van der Waals surface area contributed by atoms with E-state index in [0.717, 1.165) is 58.1 Å². The number of aliphatic hydroxyl groups is 1. The van der Waals surface area contributed by atoms with Crippen LogP contribution in [0.4, 0.5) is 5.82 Å². The van der Waals surface area contributed by atoms with Crippen molar-refractivity contribution in [2.75, 3.05) is 51.2 Å². The van der Waals surface area contributed by atoms with Gasteiger partial charge < -0.3 is 10.4 Å². The number of β-amino-alcohol motifs (C(OH)–C–C–N with tert-alkyl or cyclic N) is 1. The summed E-state index contributed by atoms with van der Waals surface area (Å²) in [6.07, 6.45) is 2.99. The van der Waals surface area contributed by atoms with Crippen molar-refractivity contribution in [3.63, 3.8) is 0 Å². The lowest BCUT2D eigenvalue weighted by atomic mass is 10.2. The van der Waals surface area contributed by atoms with Gasteiger partial charge in [-0.3, -0.25) is 9.80 Å². The number of hydrogen-bond donors (Lipinski definition) is 2. The normalized spacial score (nSPS) is 17.3. The van der Waals surface area contributed by atoms with Crippen LogP contribution in [-0.4, -0.2) is 65.8 Å². The molecule has 1 fully saturated rings. The van der Waals surface area contributed by atoms with E-state index in [2.05, 4.69) is 39.2 Å². The van der Waals surface area contributed by atoms with Gasteiger partial charge in [-0.05, 0) is 24.1 Å². The number of nitrogens with one attached hydrogen (secondary N) is 1. The van der Waals surface area contributed by atoms with E-state index >= 15 is 0 Å². The van der Waals surface area contributed by atoms with Crippen molar-refractivity contribution in [3.05, 3.63) is 23.9 Å². The molecule has 0 aromatic carbocycles. The standard InChI is InChI=1S/C15H26N4O/c1-2-4-16-15-12-14(3-5-17-15)13-19-8-6-18(7-9-19)10-11-20/h3,5,12,20H,2,4,6-11,13H2,1H3,(H,16,17). The van der Waals surface area contributed by atoms with Gasteiger partial charge in [0.05, 0.1) is 6.61 Å². The Bertz CT molecular complexity index is 391. The molecule has 1 aliphatic heterocycles. The van der Waals surface area contributed by atoms with Gasteiger partial charge in [0.2, 0.25) is 0 Å². The smallest absolute Gasteiger partial charge is 0.126 e. The van der Waals surface area contributed by atoms with Crippen LogP contribution in [0.25, 0.3) is 0 Å². The zero-order valence-electron chi connectivity index (χ0n) is 12.4. The molecule has 2 heterocycles. The van der Waals surface area contributed by atoms with Crippen molar-refractivity contribution in [2.24, 2.45) is 0 Å². The topological polar surface area (TPSA) is 51.6 Å². The minimum absolute atomic E-state index is 0.261. The van der Waals surface area contributed by atoms with E-state index in [9.17, 15) is 0 Å². The van der Waals surface area contributed by atoms with Gasteiger partial charge in [0.15, 0.2) is 0 Å². The van der Waals surface area contributed by atoms with Crippen LogP contribution in [0.5, 0.6) is 0 Å². The van der Waals surface area contributed by atoms with Gasteiger partial charge in [-0.25, -0.2) is 4.98 Å². The minimum Gasteiger partial charge on any atom is -0.395 e. The molecule has 2 rings (SSSR count). The molecule has 112 valence electrons. The summed E-state index contributed by atoms with van der Waals surface area (Å²) in [5.41, 5.74) is 1.31. The van der Waals surface area contributed by atoms with E-state index < -0.39 is 0 Å². The second-order valence-electron chi connectivity index (χ2n) is 5.32. The predicted molar refractivity (Wildman–Crippen MR) is 81.8 cm³/mol. The molecule has 5 nitrogen and oxygen atoms in total. The number of nitrogens with zero attached hydrogens (tertiary/aromatic N) is 3. The molecular weight excluding hydrogens is 252 g/mol. The van der Waals surface area contributed by atoms with Crippen LogP contribution in [0.3, 0.4) is 0 Å². The average molecular weight is 278 g/mol. The first-order valence-corrected chi connectivity index (χ1v) is 7.56. The summed E-state index contributed by atoms with van der Waals surface area (Å²) in [6.45, 7) is 9.40. The number of aliphatic hydroxyl groups excluding tert-OH is 1. The highest BCUT2D eigenvalue weighted by Gasteiger charge is 2.16. The highest BCUT2D eigenvalue weighted by Crippen LogP contribution is 2.11. The number of aromatic nitrogens is 1. The van der Waals surface area contributed by atoms with Crippen LogP contribution < -0.4 is 5.32 Å². The van der Waals surface area contributed by atoms with Crippen molar-refractivity contribution in [1.82, 2.24) is 14.8 Å². The fourth-order valence-corrected chi connectivity index (χ4v) is 2.49. The summed E-state index contributed by atoms with van der Waals surface area (Å²) in [4.78, 5) is 9.12. The quantitative estimate of drug-likeness (QED) is 0.780. The molecule has 1 aliphatic rings. The SMILES string of the molecule is CCCNc1cc(CN2CCN(CCO)CC2)ccn1. The van der Waals surface area contributed by atoms with Crippen molar-refractivity contribution in [1.29, 1.82) is 0 Å². The molecule has 5 heteroatoms. The van der Waals surface area contributed by atoms with Gasteiger partial charge in [-0.2, -0.15) is 0 Å². The number of rotatable bonds is 7. The Balaban J connectivity index is 1.81. The van der Waals surface area contributed by atoms with Crippen molar-refractivity contribution in [2.45, 2.75) is 19.9 Å².